The van der Waals surface area contributed by atoms with Gasteiger partial charge in [0, 0.05) is 24.7 Å². The summed E-state index contributed by atoms with van der Waals surface area (Å²) in [5.41, 5.74) is 1.18. The number of carbonyl (C=O) groups is 1. The summed E-state index contributed by atoms with van der Waals surface area (Å²) < 4.78 is 10.8. The van der Waals surface area contributed by atoms with Crippen LogP contribution in [0.2, 0.25) is 0 Å². The zero-order chi connectivity index (χ0) is 15.5. The SMILES string of the molecule is COc1cccc(C2=CCNCC2OC(=O)C(C)(C)C)n1. The zero-order valence-electron chi connectivity index (χ0n) is 13.0. The van der Waals surface area contributed by atoms with E-state index in [0.29, 0.717) is 12.4 Å². The van der Waals surface area contributed by atoms with Crippen LogP contribution < -0.4 is 10.1 Å². The van der Waals surface area contributed by atoms with Gasteiger partial charge in [0.25, 0.3) is 0 Å². The van der Waals surface area contributed by atoms with Gasteiger partial charge in [-0.1, -0.05) is 12.1 Å². The Hall–Kier alpha value is -1.88. The van der Waals surface area contributed by atoms with E-state index in [-0.39, 0.29) is 12.1 Å². The van der Waals surface area contributed by atoms with Crippen molar-refractivity contribution >= 4 is 11.5 Å². The van der Waals surface area contributed by atoms with Crippen molar-refractivity contribution in [1.82, 2.24) is 10.3 Å². The van der Waals surface area contributed by atoms with Crippen LogP contribution in [0.1, 0.15) is 26.5 Å². The molecule has 0 aliphatic carbocycles. The monoisotopic (exact) mass is 290 g/mol. The van der Waals surface area contributed by atoms with Crippen LogP contribution in [0.3, 0.4) is 0 Å². The quantitative estimate of drug-likeness (QED) is 0.863. The molecule has 1 aromatic heterocycles. The molecule has 2 heterocycles. The van der Waals surface area contributed by atoms with Crippen LogP contribution in [0, 0.1) is 5.41 Å². The van der Waals surface area contributed by atoms with E-state index in [1.54, 1.807) is 13.2 Å². The van der Waals surface area contributed by atoms with Gasteiger partial charge in [0.05, 0.1) is 18.2 Å². The van der Waals surface area contributed by atoms with Crippen LogP contribution in [0.5, 0.6) is 5.88 Å². The summed E-state index contributed by atoms with van der Waals surface area (Å²) in [5, 5.41) is 3.21. The molecular formula is C16H22N2O3. The first-order valence-corrected chi connectivity index (χ1v) is 7.05. The molecule has 21 heavy (non-hydrogen) atoms. The number of rotatable bonds is 3. The van der Waals surface area contributed by atoms with Gasteiger partial charge in [0.15, 0.2) is 0 Å². The Labute approximate surface area is 125 Å². The molecule has 0 amide bonds. The topological polar surface area (TPSA) is 60.5 Å². The Morgan fingerprint density at radius 3 is 2.81 bits per heavy atom. The largest absolute Gasteiger partial charge is 0.481 e. The number of esters is 1. The van der Waals surface area contributed by atoms with E-state index in [2.05, 4.69) is 10.3 Å². The van der Waals surface area contributed by atoms with Gasteiger partial charge in [0.1, 0.15) is 6.10 Å². The number of aromatic nitrogens is 1. The maximum atomic E-state index is 12.1. The van der Waals surface area contributed by atoms with Crippen LogP contribution in [0.4, 0.5) is 0 Å². The first-order valence-electron chi connectivity index (χ1n) is 7.05. The third-order valence-electron chi connectivity index (χ3n) is 3.23. The second kappa shape index (κ2) is 6.26. The van der Waals surface area contributed by atoms with Crippen molar-refractivity contribution in [3.8, 4) is 5.88 Å². The lowest BCUT2D eigenvalue weighted by Gasteiger charge is -2.28. The Morgan fingerprint density at radius 2 is 2.14 bits per heavy atom. The highest BCUT2D eigenvalue weighted by Crippen LogP contribution is 2.25. The van der Waals surface area contributed by atoms with Crippen LogP contribution in [0.25, 0.3) is 5.57 Å². The molecule has 0 fully saturated rings. The van der Waals surface area contributed by atoms with Gasteiger partial charge in [-0.05, 0) is 26.8 Å². The summed E-state index contributed by atoms with van der Waals surface area (Å²) in [5.74, 6) is 0.331. The molecule has 0 radical (unpaired) electrons. The predicted octanol–water partition coefficient (Wildman–Crippen LogP) is 2.03. The molecule has 0 saturated heterocycles. The van der Waals surface area contributed by atoms with E-state index in [1.165, 1.54) is 0 Å². The number of hydrogen-bond acceptors (Lipinski definition) is 5. The van der Waals surface area contributed by atoms with Crippen LogP contribution in [-0.2, 0) is 9.53 Å². The zero-order valence-corrected chi connectivity index (χ0v) is 13.0. The highest BCUT2D eigenvalue weighted by Gasteiger charge is 2.29. The summed E-state index contributed by atoms with van der Waals surface area (Å²) in [6.07, 6.45) is 1.68. The average molecular weight is 290 g/mol. The minimum atomic E-state index is -0.523. The van der Waals surface area contributed by atoms with Crippen LogP contribution >= 0.6 is 0 Å². The Morgan fingerprint density at radius 1 is 1.38 bits per heavy atom. The van der Waals surface area contributed by atoms with Crippen molar-refractivity contribution in [2.45, 2.75) is 26.9 Å². The van der Waals surface area contributed by atoms with Crippen molar-refractivity contribution in [3.63, 3.8) is 0 Å². The Balaban J connectivity index is 2.23. The van der Waals surface area contributed by atoms with E-state index in [4.69, 9.17) is 9.47 Å². The van der Waals surface area contributed by atoms with Gasteiger partial charge in [-0.15, -0.1) is 0 Å². The fourth-order valence-electron chi connectivity index (χ4n) is 2.01. The molecule has 2 rings (SSSR count). The van der Waals surface area contributed by atoms with Crippen LogP contribution in [-0.4, -0.2) is 37.3 Å². The first-order chi connectivity index (χ1) is 9.91. The second-order valence-electron chi connectivity index (χ2n) is 6.03. The van der Waals surface area contributed by atoms with Crippen molar-refractivity contribution in [2.24, 2.45) is 5.41 Å². The molecule has 1 atom stereocenters. The molecule has 0 spiro atoms. The number of nitrogens with zero attached hydrogens (tertiary/aromatic N) is 1. The summed E-state index contributed by atoms with van der Waals surface area (Å²) in [6.45, 7) is 6.86. The lowest BCUT2D eigenvalue weighted by atomic mass is 9.96. The van der Waals surface area contributed by atoms with Crippen molar-refractivity contribution in [1.29, 1.82) is 0 Å². The Kier molecular flexibility index (Phi) is 4.63. The highest BCUT2D eigenvalue weighted by atomic mass is 16.5. The number of pyridine rings is 1. The average Bonchev–Trinajstić information content (AvgIpc) is 2.47. The van der Waals surface area contributed by atoms with Gasteiger partial charge >= 0.3 is 5.97 Å². The molecule has 5 nitrogen and oxygen atoms in total. The van der Waals surface area contributed by atoms with Gasteiger partial charge in [-0.3, -0.25) is 4.79 Å². The van der Waals surface area contributed by atoms with Gasteiger partial charge in [-0.2, -0.15) is 0 Å². The number of ether oxygens (including phenoxy) is 2. The summed E-state index contributed by atoms with van der Waals surface area (Å²) in [4.78, 5) is 16.5. The van der Waals surface area contributed by atoms with E-state index < -0.39 is 5.41 Å². The molecule has 0 bridgehead atoms. The van der Waals surface area contributed by atoms with Crippen molar-refractivity contribution < 1.29 is 14.3 Å². The van der Waals surface area contributed by atoms with Gasteiger partial charge < -0.3 is 14.8 Å². The minimum Gasteiger partial charge on any atom is -0.481 e. The fraction of sp³-hybridized carbons (Fsp3) is 0.500. The number of methoxy groups -OCH3 is 1. The van der Waals surface area contributed by atoms with Crippen molar-refractivity contribution in [2.75, 3.05) is 20.2 Å². The summed E-state index contributed by atoms with van der Waals surface area (Å²) in [6, 6.07) is 5.57. The second-order valence-corrected chi connectivity index (χ2v) is 6.03. The molecule has 0 saturated carbocycles. The third kappa shape index (κ3) is 3.82. The normalized spacial score (nSPS) is 18.9. The lowest BCUT2D eigenvalue weighted by molar-refractivity contribution is -0.155. The predicted molar refractivity (Wildman–Crippen MR) is 81.0 cm³/mol. The highest BCUT2D eigenvalue weighted by molar-refractivity contribution is 5.78. The van der Waals surface area contributed by atoms with Gasteiger partial charge in [0.2, 0.25) is 5.88 Å². The first kappa shape index (κ1) is 15.5. The molecule has 1 aromatic rings. The third-order valence-corrected chi connectivity index (χ3v) is 3.23. The molecular weight excluding hydrogens is 268 g/mol. The lowest BCUT2D eigenvalue weighted by Crippen LogP contribution is -2.38. The molecule has 114 valence electrons. The molecule has 1 unspecified atom stereocenters. The fourth-order valence-corrected chi connectivity index (χ4v) is 2.01. The number of carbonyl (C=O) groups excluding carboxylic acids is 1. The van der Waals surface area contributed by atoms with E-state index in [0.717, 1.165) is 17.8 Å². The minimum absolute atomic E-state index is 0.218. The smallest absolute Gasteiger partial charge is 0.311 e. The maximum Gasteiger partial charge on any atom is 0.311 e. The molecule has 0 aromatic carbocycles. The van der Waals surface area contributed by atoms with Crippen LogP contribution in [0.15, 0.2) is 24.3 Å². The molecule has 5 heteroatoms. The van der Waals surface area contributed by atoms with E-state index >= 15 is 0 Å². The molecule has 1 aliphatic heterocycles. The number of nitrogens with one attached hydrogen (secondary N) is 1. The van der Waals surface area contributed by atoms with Gasteiger partial charge in [-0.25, -0.2) is 4.98 Å². The standard InChI is InChI=1S/C16H22N2O3/c1-16(2,3)15(19)21-13-10-17-9-8-11(13)12-6-5-7-14(18-12)20-4/h5-8,13,17H,9-10H2,1-4H3. The van der Waals surface area contributed by atoms with E-state index in [1.807, 2.05) is 39.0 Å². The Bertz CT molecular complexity index is 547. The number of hydrogen-bond donors (Lipinski definition) is 1. The van der Waals surface area contributed by atoms with Crippen molar-refractivity contribution in [3.05, 3.63) is 30.0 Å². The molecule has 1 aliphatic rings. The summed E-state index contributed by atoms with van der Waals surface area (Å²) >= 11 is 0. The maximum absolute atomic E-state index is 12.1. The molecule has 1 N–H and O–H groups in total. The summed E-state index contributed by atoms with van der Waals surface area (Å²) in [7, 11) is 1.58. The van der Waals surface area contributed by atoms with E-state index in [9.17, 15) is 4.79 Å².